The van der Waals surface area contributed by atoms with Crippen LogP contribution in [-0.4, -0.2) is 7.05 Å². The van der Waals surface area contributed by atoms with Crippen LogP contribution in [0.4, 0.5) is 5.69 Å². The lowest BCUT2D eigenvalue weighted by atomic mass is 9.84. The summed E-state index contributed by atoms with van der Waals surface area (Å²) in [6.45, 7) is 0. The summed E-state index contributed by atoms with van der Waals surface area (Å²) in [6, 6.07) is 37.3. The quantitative estimate of drug-likeness (QED) is 0.306. The number of anilines is 1. The lowest BCUT2D eigenvalue weighted by molar-refractivity contribution is 1.56. The van der Waals surface area contributed by atoms with Gasteiger partial charge in [-0.05, 0) is 55.9 Å². The summed E-state index contributed by atoms with van der Waals surface area (Å²) in [5.74, 6) is 0. The Bertz CT molecular complexity index is 1500. The van der Waals surface area contributed by atoms with E-state index in [1.807, 2.05) is 7.05 Å². The average Bonchev–Trinajstić information content (AvgIpc) is 2.82. The van der Waals surface area contributed by atoms with E-state index in [4.69, 9.17) is 0 Å². The average molecular weight is 383 g/mol. The topological polar surface area (TPSA) is 12.0 Å². The lowest BCUT2D eigenvalue weighted by Gasteiger charge is -2.20. The highest BCUT2D eigenvalue weighted by atomic mass is 14.8. The van der Waals surface area contributed by atoms with Crippen LogP contribution in [0.3, 0.4) is 0 Å². The largest absolute Gasteiger partial charge is 0.388 e. The molecule has 0 amide bonds. The Morgan fingerprint density at radius 3 is 1.97 bits per heavy atom. The van der Waals surface area contributed by atoms with Crippen LogP contribution in [0.15, 0.2) is 103 Å². The van der Waals surface area contributed by atoms with Crippen LogP contribution in [0.25, 0.3) is 54.6 Å². The minimum absolute atomic E-state index is 1.17. The summed E-state index contributed by atoms with van der Waals surface area (Å²) >= 11 is 0. The molecule has 0 heterocycles. The van der Waals surface area contributed by atoms with Gasteiger partial charge in [0, 0.05) is 23.5 Å². The Labute approximate surface area is 175 Å². The molecule has 30 heavy (non-hydrogen) atoms. The second-order valence-corrected chi connectivity index (χ2v) is 7.82. The maximum atomic E-state index is 3.45. The Kier molecular flexibility index (Phi) is 3.75. The zero-order valence-corrected chi connectivity index (χ0v) is 16.8. The van der Waals surface area contributed by atoms with Gasteiger partial charge in [0.1, 0.15) is 0 Å². The molecule has 0 bridgehead atoms. The van der Waals surface area contributed by atoms with Gasteiger partial charge < -0.3 is 5.32 Å². The summed E-state index contributed by atoms with van der Waals surface area (Å²) in [5, 5.41) is 11.3. The third-order valence-corrected chi connectivity index (χ3v) is 6.18. The summed E-state index contributed by atoms with van der Waals surface area (Å²) in [6.07, 6.45) is 0. The summed E-state index contributed by atoms with van der Waals surface area (Å²) < 4.78 is 0. The monoisotopic (exact) mass is 383 g/mol. The molecule has 1 N–H and O–H groups in total. The molecule has 0 aromatic heterocycles. The molecule has 0 unspecified atom stereocenters. The second-order valence-electron chi connectivity index (χ2n) is 7.82. The zero-order valence-electron chi connectivity index (χ0n) is 16.8. The number of hydrogen-bond acceptors (Lipinski definition) is 1. The van der Waals surface area contributed by atoms with Crippen molar-refractivity contribution in [3.05, 3.63) is 103 Å². The van der Waals surface area contributed by atoms with Gasteiger partial charge in [0.05, 0.1) is 0 Å². The van der Waals surface area contributed by atoms with Gasteiger partial charge in [-0.15, -0.1) is 0 Å². The van der Waals surface area contributed by atoms with Gasteiger partial charge in [0.15, 0.2) is 0 Å². The van der Waals surface area contributed by atoms with Crippen LogP contribution in [0.5, 0.6) is 0 Å². The Balaban J connectivity index is 1.88. The molecule has 0 saturated heterocycles. The molecule has 0 aliphatic heterocycles. The van der Waals surface area contributed by atoms with E-state index in [9.17, 15) is 0 Å². The third-order valence-electron chi connectivity index (χ3n) is 6.18. The van der Waals surface area contributed by atoms with Crippen LogP contribution >= 0.6 is 0 Å². The molecule has 6 aromatic rings. The van der Waals surface area contributed by atoms with Crippen LogP contribution in [-0.2, 0) is 0 Å². The molecule has 0 saturated carbocycles. The molecular formula is C29H21N. The first-order valence-electron chi connectivity index (χ1n) is 10.4. The first-order chi connectivity index (χ1) is 14.8. The third kappa shape index (κ3) is 2.42. The van der Waals surface area contributed by atoms with Crippen molar-refractivity contribution in [2.24, 2.45) is 0 Å². The number of nitrogens with one attached hydrogen (secondary N) is 1. The predicted octanol–water partition coefficient (Wildman–Crippen LogP) is 7.96. The highest BCUT2D eigenvalue weighted by Crippen LogP contribution is 2.46. The standard InChI is InChI=1S/C29H21N/c1-30-26-17-22-14-8-13-21-15-16-23-28(20-11-6-3-7-12-20)24(19-9-4-2-5-10-19)18-25(26)29(23)27(21)22/h2-18,30H,1H3. The summed E-state index contributed by atoms with van der Waals surface area (Å²) in [7, 11) is 2.01. The molecule has 6 aromatic carbocycles. The fourth-order valence-electron chi connectivity index (χ4n) is 4.86. The summed E-state index contributed by atoms with van der Waals surface area (Å²) in [5.41, 5.74) is 6.23. The van der Waals surface area contributed by atoms with Gasteiger partial charge >= 0.3 is 0 Å². The van der Waals surface area contributed by atoms with Crippen LogP contribution in [0, 0.1) is 0 Å². The van der Waals surface area contributed by atoms with Gasteiger partial charge in [-0.1, -0.05) is 91.0 Å². The number of benzene rings is 6. The van der Waals surface area contributed by atoms with E-state index >= 15 is 0 Å². The van der Waals surface area contributed by atoms with E-state index in [0.717, 1.165) is 0 Å². The first-order valence-corrected chi connectivity index (χ1v) is 10.4. The van der Waals surface area contributed by atoms with Gasteiger partial charge in [0.25, 0.3) is 0 Å². The molecule has 142 valence electrons. The van der Waals surface area contributed by atoms with Gasteiger partial charge in [0.2, 0.25) is 0 Å². The highest BCUT2D eigenvalue weighted by molar-refractivity contribution is 6.29. The molecule has 1 heteroatoms. The minimum Gasteiger partial charge on any atom is -0.388 e. The molecule has 0 radical (unpaired) electrons. The van der Waals surface area contributed by atoms with Crippen LogP contribution in [0.2, 0.25) is 0 Å². The summed E-state index contributed by atoms with van der Waals surface area (Å²) in [4.78, 5) is 0. The van der Waals surface area contributed by atoms with E-state index in [2.05, 4.69) is 108 Å². The van der Waals surface area contributed by atoms with Crippen molar-refractivity contribution in [3.63, 3.8) is 0 Å². The lowest BCUT2D eigenvalue weighted by Crippen LogP contribution is -1.96. The van der Waals surface area contributed by atoms with Gasteiger partial charge in [-0.25, -0.2) is 0 Å². The molecular weight excluding hydrogens is 362 g/mol. The van der Waals surface area contributed by atoms with E-state index in [0.29, 0.717) is 0 Å². The Morgan fingerprint density at radius 1 is 0.533 bits per heavy atom. The van der Waals surface area contributed by atoms with Crippen molar-refractivity contribution in [2.75, 3.05) is 12.4 Å². The molecule has 0 aliphatic carbocycles. The SMILES string of the molecule is CNc1cc2cccc3ccc4c(-c5ccccc5)c(-c5ccccc5)cc1c4c32. The van der Waals surface area contributed by atoms with E-state index in [1.165, 1.54) is 60.3 Å². The zero-order chi connectivity index (χ0) is 20.1. The van der Waals surface area contributed by atoms with Crippen molar-refractivity contribution in [2.45, 2.75) is 0 Å². The normalized spacial score (nSPS) is 11.5. The maximum Gasteiger partial charge on any atom is 0.0424 e. The number of rotatable bonds is 3. The van der Waals surface area contributed by atoms with Gasteiger partial charge in [-0.3, -0.25) is 0 Å². The maximum absolute atomic E-state index is 3.45. The molecule has 0 spiro atoms. The Morgan fingerprint density at radius 2 is 1.23 bits per heavy atom. The Hall–Kier alpha value is -3.84. The van der Waals surface area contributed by atoms with Crippen LogP contribution in [0.1, 0.15) is 0 Å². The fourth-order valence-corrected chi connectivity index (χ4v) is 4.86. The van der Waals surface area contributed by atoms with Crippen molar-refractivity contribution in [1.82, 2.24) is 0 Å². The second kappa shape index (κ2) is 6.60. The fraction of sp³-hybridized carbons (Fsp3) is 0.0345. The van der Waals surface area contributed by atoms with E-state index < -0.39 is 0 Å². The van der Waals surface area contributed by atoms with Crippen LogP contribution < -0.4 is 5.32 Å². The van der Waals surface area contributed by atoms with Crippen molar-refractivity contribution in [1.29, 1.82) is 0 Å². The smallest absolute Gasteiger partial charge is 0.0424 e. The van der Waals surface area contributed by atoms with E-state index in [-0.39, 0.29) is 0 Å². The molecule has 0 atom stereocenters. The highest BCUT2D eigenvalue weighted by Gasteiger charge is 2.18. The molecule has 0 fully saturated rings. The van der Waals surface area contributed by atoms with Crippen molar-refractivity contribution < 1.29 is 0 Å². The van der Waals surface area contributed by atoms with Crippen molar-refractivity contribution >= 4 is 38.0 Å². The van der Waals surface area contributed by atoms with Crippen molar-refractivity contribution in [3.8, 4) is 22.3 Å². The molecule has 6 rings (SSSR count). The molecule has 0 aliphatic rings. The minimum atomic E-state index is 1.17. The van der Waals surface area contributed by atoms with Gasteiger partial charge in [-0.2, -0.15) is 0 Å². The predicted molar refractivity (Wildman–Crippen MR) is 131 cm³/mol. The van der Waals surface area contributed by atoms with E-state index in [1.54, 1.807) is 0 Å². The first kappa shape index (κ1) is 17.1. The molecule has 1 nitrogen and oxygen atoms in total. The number of hydrogen-bond donors (Lipinski definition) is 1.